The van der Waals surface area contributed by atoms with Gasteiger partial charge in [0.1, 0.15) is 0 Å². The highest BCUT2D eigenvalue weighted by Gasteiger charge is 2.28. The van der Waals surface area contributed by atoms with Crippen molar-refractivity contribution in [2.45, 2.75) is 38.6 Å². The van der Waals surface area contributed by atoms with Gasteiger partial charge in [-0.25, -0.2) is 0 Å². The van der Waals surface area contributed by atoms with E-state index in [1.54, 1.807) is 0 Å². The summed E-state index contributed by atoms with van der Waals surface area (Å²) in [6, 6.07) is 0.788. The van der Waals surface area contributed by atoms with E-state index < -0.39 is 0 Å². The number of likely N-dealkylation sites (N-methyl/N-ethyl adjacent to an activating group) is 1. The van der Waals surface area contributed by atoms with Crippen molar-refractivity contribution in [3.63, 3.8) is 0 Å². The predicted octanol–water partition coefficient (Wildman–Crippen LogP) is 1.72. The van der Waals surface area contributed by atoms with Crippen LogP contribution in [0.1, 0.15) is 32.6 Å². The average Bonchev–Trinajstić information content (AvgIpc) is 2.75. The summed E-state index contributed by atoms with van der Waals surface area (Å²) < 4.78 is 0. The molecule has 0 aromatic carbocycles. The molecule has 0 radical (unpaired) electrons. The molecule has 0 aromatic heterocycles. The summed E-state index contributed by atoms with van der Waals surface area (Å²) in [6.45, 7) is 6.11. The maximum Gasteiger partial charge on any atom is 0.0255 e. The van der Waals surface area contributed by atoms with Gasteiger partial charge in [-0.2, -0.15) is 0 Å². The Morgan fingerprint density at radius 1 is 1.21 bits per heavy atom. The van der Waals surface area contributed by atoms with Gasteiger partial charge in [0.2, 0.25) is 0 Å². The van der Waals surface area contributed by atoms with Crippen molar-refractivity contribution >= 4 is 0 Å². The summed E-state index contributed by atoms with van der Waals surface area (Å²) in [5.41, 5.74) is 0. The van der Waals surface area contributed by atoms with Crippen LogP contribution in [0.4, 0.5) is 0 Å². The van der Waals surface area contributed by atoms with Crippen molar-refractivity contribution in [1.29, 1.82) is 0 Å². The molecule has 0 amide bonds. The first-order valence-electron chi connectivity index (χ1n) is 6.18. The molecular formula is C12H24N2. The third kappa shape index (κ3) is 2.29. The Morgan fingerprint density at radius 2 is 1.93 bits per heavy atom. The number of rotatable bonds is 3. The molecule has 1 N–H and O–H groups in total. The van der Waals surface area contributed by atoms with Gasteiger partial charge >= 0.3 is 0 Å². The lowest BCUT2D eigenvalue weighted by Gasteiger charge is -2.29. The molecule has 2 heteroatoms. The molecule has 2 fully saturated rings. The maximum absolute atomic E-state index is 3.49. The van der Waals surface area contributed by atoms with Crippen LogP contribution in [-0.2, 0) is 0 Å². The van der Waals surface area contributed by atoms with Gasteiger partial charge in [0.05, 0.1) is 0 Å². The summed E-state index contributed by atoms with van der Waals surface area (Å²) in [6.07, 6.45) is 5.88. The van der Waals surface area contributed by atoms with Crippen LogP contribution in [0.15, 0.2) is 0 Å². The fraction of sp³-hybridized carbons (Fsp3) is 1.00. The van der Waals surface area contributed by atoms with Crippen LogP contribution in [0.2, 0.25) is 0 Å². The molecule has 14 heavy (non-hydrogen) atoms. The van der Waals surface area contributed by atoms with Gasteiger partial charge in [0, 0.05) is 19.1 Å². The van der Waals surface area contributed by atoms with Crippen LogP contribution in [0.5, 0.6) is 0 Å². The van der Waals surface area contributed by atoms with Gasteiger partial charge < -0.3 is 10.2 Å². The van der Waals surface area contributed by atoms with Crippen molar-refractivity contribution in [3.8, 4) is 0 Å². The van der Waals surface area contributed by atoms with Crippen LogP contribution in [0, 0.1) is 11.8 Å². The maximum atomic E-state index is 3.49. The topological polar surface area (TPSA) is 15.3 Å². The second-order valence-electron chi connectivity index (χ2n) is 5.29. The van der Waals surface area contributed by atoms with Crippen molar-refractivity contribution in [3.05, 3.63) is 0 Å². The quantitative estimate of drug-likeness (QED) is 0.739. The van der Waals surface area contributed by atoms with Crippen LogP contribution in [0.3, 0.4) is 0 Å². The summed E-state index contributed by atoms with van der Waals surface area (Å²) in [4.78, 5) is 2.60. The molecule has 2 rings (SSSR count). The standard InChI is InChI=1S/C12H24N2/c1-10-7-13-8-12(10)14(2)9-11-5-3-4-6-11/h10-13H,3-9H2,1-2H3. The fourth-order valence-electron chi connectivity index (χ4n) is 3.12. The lowest BCUT2D eigenvalue weighted by atomic mass is 10.0. The first-order chi connectivity index (χ1) is 6.77. The predicted molar refractivity (Wildman–Crippen MR) is 60.4 cm³/mol. The Bertz CT molecular complexity index is 175. The second-order valence-corrected chi connectivity index (χ2v) is 5.29. The molecule has 1 saturated carbocycles. The largest absolute Gasteiger partial charge is 0.315 e. The van der Waals surface area contributed by atoms with E-state index in [2.05, 4.69) is 24.2 Å². The normalized spacial score (nSPS) is 34.5. The third-order valence-electron chi connectivity index (χ3n) is 4.06. The van der Waals surface area contributed by atoms with Crippen molar-refractivity contribution < 1.29 is 0 Å². The average molecular weight is 196 g/mol. The van der Waals surface area contributed by atoms with Crippen LogP contribution < -0.4 is 5.32 Å². The molecule has 1 aliphatic heterocycles. The van der Waals surface area contributed by atoms with Crippen molar-refractivity contribution in [2.24, 2.45) is 11.8 Å². The van der Waals surface area contributed by atoms with E-state index in [1.165, 1.54) is 45.3 Å². The number of nitrogens with zero attached hydrogens (tertiary/aromatic N) is 1. The van der Waals surface area contributed by atoms with Crippen LogP contribution in [0.25, 0.3) is 0 Å². The molecule has 2 unspecified atom stereocenters. The van der Waals surface area contributed by atoms with E-state index in [0.717, 1.165) is 17.9 Å². The highest BCUT2D eigenvalue weighted by molar-refractivity contribution is 4.86. The van der Waals surface area contributed by atoms with Crippen molar-refractivity contribution in [1.82, 2.24) is 10.2 Å². The molecule has 1 saturated heterocycles. The molecule has 2 nitrogen and oxygen atoms in total. The summed E-state index contributed by atoms with van der Waals surface area (Å²) in [5.74, 6) is 1.83. The van der Waals surface area contributed by atoms with Crippen LogP contribution >= 0.6 is 0 Å². The minimum absolute atomic E-state index is 0.788. The zero-order valence-electron chi connectivity index (χ0n) is 9.63. The zero-order valence-corrected chi connectivity index (χ0v) is 9.63. The Balaban J connectivity index is 1.78. The summed E-state index contributed by atoms with van der Waals surface area (Å²) in [7, 11) is 2.31. The Kier molecular flexibility index (Phi) is 3.45. The minimum Gasteiger partial charge on any atom is -0.315 e. The van der Waals surface area contributed by atoms with E-state index in [0.29, 0.717) is 0 Å². The number of hydrogen-bond donors (Lipinski definition) is 1. The molecule has 2 atom stereocenters. The summed E-state index contributed by atoms with van der Waals surface area (Å²) in [5, 5.41) is 3.49. The van der Waals surface area contributed by atoms with Gasteiger partial charge in [0.15, 0.2) is 0 Å². The number of nitrogens with one attached hydrogen (secondary N) is 1. The minimum atomic E-state index is 0.788. The Morgan fingerprint density at radius 3 is 2.50 bits per heavy atom. The van der Waals surface area contributed by atoms with Gasteiger partial charge in [-0.3, -0.25) is 0 Å². The van der Waals surface area contributed by atoms with Gasteiger partial charge in [-0.15, -0.1) is 0 Å². The first-order valence-corrected chi connectivity index (χ1v) is 6.18. The van der Waals surface area contributed by atoms with Gasteiger partial charge in [-0.1, -0.05) is 19.8 Å². The molecule has 0 aromatic rings. The molecule has 0 bridgehead atoms. The molecule has 1 heterocycles. The smallest absolute Gasteiger partial charge is 0.0255 e. The number of hydrogen-bond acceptors (Lipinski definition) is 2. The molecule has 2 aliphatic rings. The highest BCUT2D eigenvalue weighted by Crippen LogP contribution is 2.26. The van der Waals surface area contributed by atoms with Gasteiger partial charge in [0.25, 0.3) is 0 Å². The van der Waals surface area contributed by atoms with E-state index in [9.17, 15) is 0 Å². The molecular weight excluding hydrogens is 172 g/mol. The highest BCUT2D eigenvalue weighted by atomic mass is 15.2. The van der Waals surface area contributed by atoms with Crippen molar-refractivity contribution in [2.75, 3.05) is 26.7 Å². The SMILES string of the molecule is CC1CNCC1N(C)CC1CCCC1. The molecule has 1 aliphatic carbocycles. The summed E-state index contributed by atoms with van der Waals surface area (Å²) >= 11 is 0. The van der Waals surface area contributed by atoms with E-state index in [4.69, 9.17) is 0 Å². The molecule has 82 valence electrons. The Hall–Kier alpha value is -0.0800. The fourth-order valence-corrected chi connectivity index (χ4v) is 3.12. The monoisotopic (exact) mass is 196 g/mol. The van der Waals surface area contributed by atoms with Crippen LogP contribution in [-0.4, -0.2) is 37.6 Å². The third-order valence-corrected chi connectivity index (χ3v) is 4.06. The Labute approximate surface area is 88.1 Å². The lowest BCUT2D eigenvalue weighted by Crippen LogP contribution is -2.39. The molecule has 0 spiro atoms. The second kappa shape index (κ2) is 4.63. The first kappa shape index (κ1) is 10.4. The zero-order chi connectivity index (χ0) is 9.97. The van der Waals surface area contributed by atoms with E-state index >= 15 is 0 Å². The van der Waals surface area contributed by atoms with E-state index in [-0.39, 0.29) is 0 Å². The van der Waals surface area contributed by atoms with E-state index in [1.807, 2.05) is 0 Å². The lowest BCUT2D eigenvalue weighted by molar-refractivity contribution is 0.189. The van der Waals surface area contributed by atoms with Gasteiger partial charge in [-0.05, 0) is 38.3 Å².